The summed E-state index contributed by atoms with van der Waals surface area (Å²) in [4.78, 5) is 16.7. The highest BCUT2D eigenvalue weighted by atomic mass is 35.5. The van der Waals surface area contributed by atoms with E-state index in [2.05, 4.69) is 22.4 Å². The van der Waals surface area contributed by atoms with E-state index in [-0.39, 0.29) is 36.8 Å². The van der Waals surface area contributed by atoms with Crippen LogP contribution in [0.25, 0.3) is 0 Å². The van der Waals surface area contributed by atoms with Crippen LogP contribution >= 0.6 is 24.8 Å². The first-order valence-corrected chi connectivity index (χ1v) is 9.81. The van der Waals surface area contributed by atoms with E-state index in [4.69, 9.17) is 10.5 Å². The molecule has 1 aromatic heterocycles. The second kappa shape index (κ2) is 13.0. The molecule has 3 rings (SSSR count). The molecule has 0 aliphatic heterocycles. The van der Waals surface area contributed by atoms with Crippen molar-refractivity contribution >= 4 is 30.7 Å². The van der Waals surface area contributed by atoms with Gasteiger partial charge in [0.15, 0.2) is 0 Å². The van der Waals surface area contributed by atoms with E-state index in [0.29, 0.717) is 13.0 Å². The summed E-state index contributed by atoms with van der Waals surface area (Å²) in [5.74, 6) is 0.585. The maximum absolute atomic E-state index is 12.3. The number of benzene rings is 2. The molecule has 8 heteroatoms. The molecule has 0 radical (unpaired) electrons. The van der Waals surface area contributed by atoms with Gasteiger partial charge < -0.3 is 20.4 Å². The lowest BCUT2D eigenvalue weighted by Crippen LogP contribution is -2.45. The molecule has 2 aromatic carbocycles. The standard InChI is InChI=1S/C23H28N4O2.2ClH/c1-17-7-6-10-21(11-17)29-18(2)13-25-23(28)22(24)12-20-15-27(16-26-20)14-19-8-4-3-5-9-19;;/h3-11,15-16,18,22H,12-14,24H2,1-2H3,(H,25,28);2*1H/t18?,22-;;/m0../s1. The predicted molar refractivity (Wildman–Crippen MR) is 128 cm³/mol. The molecule has 31 heavy (non-hydrogen) atoms. The average molecular weight is 465 g/mol. The number of imidazole rings is 1. The number of amides is 1. The van der Waals surface area contributed by atoms with Crippen molar-refractivity contribution in [3.8, 4) is 5.75 Å². The molecule has 0 aliphatic carbocycles. The van der Waals surface area contributed by atoms with Crippen LogP contribution in [0.15, 0.2) is 67.1 Å². The van der Waals surface area contributed by atoms with Gasteiger partial charge in [0.1, 0.15) is 11.9 Å². The topological polar surface area (TPSA) is 82.2 Å². The summed E-state index contributed by atoms with van der Waals surface area (Å²) in [7, 11) is 0. The fraction of sp³-hybridized carbons (Fsp3) is 0.304. The zero-order chi connectivity index (χ0) is 20.6. The number of nitrogens with zero attached hydrogens (tertiary/aromatic N) is 2. The minimum Gasteiger partial charge on any atom is -0.489 e. The summed E-state index contributed by atoms with van der Waals surface area (Å²) in [6.07, 6.45) is 3.94. The highest BCUT2D eigenvalue weighted by Gasteiger charge is 2.16. The Bertz CT molecular complexity index is 934. The Hall–Kier alpha value is -2.54. The third-order valence-electron chi connectivity index (χ3n) is 4.55. The van der Waals surface area contributed by atoms with Crippen LogP contribution in [0.5, 0.6) is 5.75 Å². The van der Waals surface area contributed by atoms with Crippen molar-refractivity contribution < 1.29 is 9.53 Å². The number of rotatable bonds is 9. The number of nitrogens with two attached hydrogens (primary N) is 1. The van der Waals surface area contributed by atoms with Gasteiger partial charge >= 0.3 is 0 Å². The third kappa shape index (κ3) is 8.61. The van der Waals surface area contributed by atoms with Gasteiger partial charge in [-0.3, -0.25) is 4.79 Å². The molecule has 0 saturated heterocycles. The number of hydrogen-bond donors (Lipinski definition) is 2. The van der Waals surface area contributed by atoms with Crippen molar-refractivity contribution in [3.63, 3.8) is 0 Å². The summed E-state index contributed by atoms with van der Waals surface area (Å²) in [6, 6.07) is 17.3. The Kier molecular flexibility index (Phi) is 11.1. The highest BCUT2D eigenvalue weighted by molar-refractivity contribution is 5.85. The molecule has 0 fully saturated rings. The molecule has 0 spiro atoms. The number of ether oxygens (including phenoxy) is 1. The molecule has 1 amide bonds. The van der Waals surface area contributed by atoms with Crippen molar-refractivity contribution in [2.24, 2.45) is 5.73 Å². The number of halogens is 2. The van der Waals surface area contributed by atoms with Crippen molar-refractivity contribution in [2.75, 3.05) is 6.54 Å². The molecule has 1 unspecified atom stereocenters. The molecule has 0 aliphatic rings. The molecule has 1 heterocycles. The monoisotopic (exact) mass is 464 g/mol. The van der Waals surface area contributed by atoms with Crippen molar-refractivity contribution in [1.29, 1.82) is 0 Å². The predicted octanol–water partition coefficient (Wildman–Crippen LogP) is 3.54. The van der Waals surface area contributed by atoms with Gasteiger partial charge in [0, 0.05) is 19.2 Å². The quantitative estimate of drug-likeness (QED) is 0.507. The fourth-order valence-electron chi connectivity index (χ4n) is 3.05. The second-order valence-electron chi connectivity index (χ2n) is 7.32. The van der Waals surface area contributed by atoms with Gasteiger partial charge in [0.2, 0.25) is 5.91 Å². The van der Waals surface area contributed by atoms with Gasteiger partial charge in [0.05, 0.1) is 24.6 Å². The van der Waals surface area contributed by atoms with Crippen LogP contribution in [0.3, 0.4) is 0 Å². The Labute approximate surface area is 196 Å². The minimum atomic E-state index is -0.652. The van der Waals surface area contributed by atoms with Crippen LogP contribution < -0.4 is 15.8 Å². The van der Waals surface area contributed by atoms with E-state index in [0.717, 1.165) is 23.6 Å². The van der Waals surface area contributed by atoms with E-state index in [9.17, 15) is 4.79 Å². The van der Waals surface area contributed by atoms with E-state index in [1.54, 1.807) is 6.33 Å². The first kappa shape index (κ1) is 26.5. The SMILES string of the molecule is Cc1cccc(OC(C)CNC(=O)[C@@H](N)Cc2cn(Cc3ccccc3)cn2)c1.Cl.Cl. The second-order valence-corrected chi connectivity index (χ2v) is 7.32. The van der Waals surface area contributed by atoms with Gasteiger partial charge in [-0.25, -0.2) is 4.98 Å². The van der Waals surface area contributed by atoms with Crippen molar-refractivity contribution in [1.82, 2.24) is 14.9 Å². The van der Waals surface area contributed by atoms with E-state index in [1.807, 2.05) is 67.1 Å². The molecule has 2 atom stereocenters. The maximum Gasteiger partial charge on any atom is 0.237 e. The molecular formula is C23H30Cl2N4O2. The van der Waals surface area contributed by atoms with Gasteiger partial charge in [-0.2, -0.15) is 0 Å². The average Bonchev–Trinajstić information content (AvgIpc) is 3.13. The summed E-state index contributed by atoms with van der Waals surface area (Å²) in [5, 5.41) is 2.86. The van der Waals surface area contributed by atoms with Crippen LogP contribution in [-0.2, 0) is 17.8 Å². The van der Waals surface area contributed by atoms with Crippen LogP contribution in [0.1, 0.15) is 23.7 Å². The highest BCUT2D eigenvalue weighted by Crippen LogP contribution is 2.14. The first-order valence-electron chi connectivity index (χ1n) is 9.81. The van der Waals surface area contributed by atoms with Crippen LogP contribution in [0.4, 0.5) is 0 Å². The van der Waals surface area contributed by atoms with Gasteiger partial charge in [-0.1, -0.05) is 42.5 Å². The molecule has 3 N–H and O–H groups in total. The lowest BCUT2D eigenvalue weighted by atomic mass is 10.1. The zero-order valence-corrected chi connectivity index (χ0v) is 19.4. The molecule has 168 valence electrons. The number of nitrogens with one attached hydrogen (secondary N) is 1. The van der Waals surface area contributed by atoms with Gasteiger partial charge in [-0.05, 0) is 37.1 Å². The Morgan fingerprint density at radius 1 is 1.16 bits per heavy atom. The van der Waals surface area contributed by atoms with Crippen molar-refractivity contribution in [3.05, 3.63) is 83.9 Å². The Morgan fingerprint density at radius 2 is 1.90 bits per heavy atom. The number of carbonyl (C=O) groups is 1. The molecule has 3 aromatic rings. The summed E-state index contributed by atoms with van der Waals surface area (Å²) < 4.78 is 7.83. The maximum atomic E-state index is 12.3. The van der Waals surface area contributed by atoms with Gasteiger partial charge in [-0.15, -0.1) is 24.8 Å². The molecule has 6 nitrogen and oxygen atoms in total. The lowest BCUT2D eigenvalue weighted by Gasteiger charge is -2.17. The van der Waals surface area contributed by atoms with Crippen LogP contribution in [0, 0.1) is 6.92 Å². The van der Waals surface area contributed by atoms with E-state index >= 15 is 0 Å². The summed E-state index contributed by atoms with van der Waals surface area (Å²) >= 11 is 0. The first-order chi connectivity index (χ1) is 14.0. The number of carbonyl (C=O) groups excluding carboxylic acids is 1. The summed E-state index contributed by atoms with van der Waals surface area (Å²) in [6.45, 7) is 5.06. The van der Waals surface area contributed by atoms with E-state index in [1.165, 1.54) is 5.56 Å². The molecule has 0 bridgehead atoms. The molecule has 0 saturated carbocycles. The normalized spacial score (nSPS) is 12.1. The van der Waals surface area contributed by atoms with Crippen LogP contribution in [-0.4, -0.2) is 34.1 Å². The smallest absolute Gasteiger partial charge is 0.237 e. The third-order valence-corrected chi connectivity index (χ3v) is 4.55. The lowest BCUT2D eigenvalue weighted by molar-refractivity contribution is -0.122. The number of hydrogen-bond acceptors (Lipinski definition) is 4. The van der Waals surface area contributed by atoms with Crippen molar-refractivity contribution in [2.45, 2.75) is 39.0 Å². The largest absolute Gasteiger partial charge is 0.489 e. The zero-order valence-electron chi connectivity index (χ0n) is 17.7. The Morgan fingerprint density at radius 3 is 2.61 bits per heavy atom. The van der Waals surface area contributed by atoms with Crippen LogP contribution in [0.2, 0.25) is 0 Å². The summed E-state index contributed by atoms with van der Waals surface area (Å²) in [5.41, 5.74) is 9.19. The Balaban J connectivity index is 0.00000240. The fourth-order valence-corrected chi connectivity index (χ4v) is 3.05. The molecular weight excluding hydrogens is 435 g/mol. The van der Waals surface area contributed by atoms with E-state index < -0.39 is 6.04 Å². The van der Waals surface area contributed by atoms with Gasteiger partial charge in [0.25, 0.3) is 0 Å². The number of aryl methyl sites for hydroxylation is 1. The minimum absolute atomic E-state index is 0. The number of aromatic nitrogens is 2.